The molecule has 1 amide bonds. The van der Waals surface area contributed by atoms with Gasteiger partial charge in [-0.15, -0.1) is 0 Å². The molecule has 0 bridgehead atoms. The lowest BCUT2D eigenvalue weighted by atomic mass is 10.1. The maximum Gasteiger partial charge on any atom is 0.255 e. The highest BCUT2D eigenvalue weighted by Crippen LogP contribution is 2.24. The fourth-order valence-corrected chi connectivity index (χ4v) is 3.09. The maximum atomic E-state index is 12.6. The molecule has 29 heavy (non-hydrogen) atoms. The molecule has 0 heterocycles. The van der Waals surface area contributed by atoms with Crippen LogP contribution in [0.2, 0.25) is 0 Å². The fraction of sp³-hybridized carbons (Fsp3) is 0.208. The summed E-state index contributed by atoms with van der Waals surface area (Å²) >= 11 is 0. The Bertz CT molecular complexity index is 918. The molecule has 0 spiro atoms. The van der Waals surface area contributed by atoms with E-state index in [2.05, 4.69) is 41.4 Å². The predicted molar refractivity (Wildman–Crippen MR) is 117 cm³/mol. The summed E-state index contributed by atoms with van der Waals surface area (Å²) in [5.74, 6) is 0.931. The van der Waals surface area contributed by atoms with E-state index in [-0.39, 0.29) is 5.91 Å². The number of hydrogen-bond donors (Lipinski definition) is 1. The van der Waals surface area contributed by atoms with Gasteiger partial charge in [-0.25, -0.2) is 0 Å². The Balaban J connectivity index is 1.70. The Hall–Kier alpha value is -3.47. The molecular formula is C24H26N2O3. The van der Waals surface area contributed by atoms with Gasteiger partial charge in [0.15, 0.2) is 0 Å². The fourth-order valence-electron chi connectivity index (χ4n) is 3.09. The van der Waals surface area contributed by atoms with E-state index in [9.17, 15) is 4.79 Å². The topological polar surface area (TPSA) is 50.8 Å². The van der Waals surface area contributed by atoms with E-state index in [1.54, 1.807) is 32.4 Å². The minimum absolute atomic E-state index is 0.216. The van der Waals surface area contributed by atoms with Crippen LogP contribution in [-0.4, -0.2) is 26.7 Å². The van der Waals surface area contributed by atoms with E-state index >= 15 is 0 Å². The number of rotatable bonds is 8. The van der Waals surface area contributed by atoms with Crippen molar-refractivity contribution in [2.24, 2.45) is 0 Å². The number of anilines is 2. The van der Waals surface area contributed by atoms with Crippen LogP contribution in [0.5, 0.6) is 11.5 Å². The Labute approximate surface area is 171 Å². The summed E-state index contributed by atoms with van der Waals surface area (Å²) in [7, 11) is 3.12. The third-order valence-corrected chi connectivity index (χ3v) is 4.70. The molecule has 3 aromatic carbocycles. The summed E-state index contributed by atoms with van der Waals surface area (Å²) in [5, 5.41) is 2.93. The summed E-state index contributed by atoms with van der Waals surface area (Å²) in [6.07, 6.45) is 0. The van der Waals surface area contributed by atoms with Crippen LogP contribution >= 0.6 is 0 Å². The standard InChI is InChI=1S/C24H26N2O3/c1-4-26(17-18-8-6-5-7-9-18)21-12-10-20(11-13-21)25-24(27)19-14-22(28-2)16-23(15-19)29-3/h5-16H,4,17H2,1-3H3,(H,25,27). The van der Waals surface area contributed by atoms with Gasteiger partial charge >= 0.3 is 0 Å². The van der Waals surface area contributed by atoms with Gasteiger partial charge in [-0.1, -0.05) is 30.3 Å². The van der Waals surface area contributed by atoms with Crippen molar-refractivity contribution in [3.8, 4) is 11.5 Å². The Morgan fingerprint density at radius 3 is 2.07 bits per heavy atom. The van der Waals surface area contributed by atoms with Crippen molar-refractivity contribution in [1.29, 1.82) is 0 Å². The molecule has 0 saturated heterocycles. The molecule has 3 rings (SSSR count). The van der Waals surface area contributed by atoms with Crippen LogP contribution in [0.15, 0.2) is 72.8 Å². The molecule has 5 heteroatoms. The van der Waals surface area contributed by atoms with Crippen LogP contribution in [0, 0.1) is 0 Å². The number of carbonyl (C=O) groups excluding carboxylic acids is 1. The average molecular weight is 390 g/mol. The largest absolute Gasteiger partial charge is 0.497 e. The van der Waals surface area contributed by atoms with E-state index in [0.717, 1.165) is 24.5 Å². The number of carbonyl (C=O) groups is 1. The Morgan fingerprint density at radius 2 is 1.52 bits per heavy atom. The van der Waals surface area contributed by atoms with E-state index < -0.39 is 0 Å². The molecule has 5 nitrogen and oxygen atoms in total. The van der Waals surface area contributed by atoms with Gasteiger partial charge < -0.3 is 19.7 Å². The van der Waals surface area contributed by atoms with Crippen LogP contribution in [-0.2, 0) is 6.54 Å². The van der Waals surface area contributed by atoms with E-state index in [0.29, 0.717) is 17.1 Å². The van der Waals surface area contributed by atoms with Gasteiger partial charge in [0.1, 0.15) is 11.5 Å². The molecule has 0 saturated carbocycles. The summed E-state index contributed by atoms with van der Waals surface area (Å²) in [6, 6.07) is 23.4. The highest BCUT2D eigenvalue weighted by molar-refractivity contribution is 6.04. The minimum atomic E-state index is -0.216. The van der Waals surface area contributed by atoms with Gasteiger partial charge in [0.25, 0.3) is 5.91 Å². The zero-order valence-electron chi connectivity index (χ0n) is 17.0. The number of amides is 1. The average Bonchev–Trinajstić information content (AvgIpc) is 2.78. The molecule has 0 atom stereocenters. The van der Waals surface area contributed by atoms with Crippen molar-refractivity contribution in [3.05, 3.63) is 83.9 Å². The van der Waals surface area contributed by atoms with E-state index in [4.69, 9.17) is 9.47 Å². The lowest BCUT2D eigenvalue weighted by molar-refractivity contribution is 0.102. The van der Waals surface area contributed by atoms with Crippen LogP contribution in [0.25, 0.3) is 0 Å². The number of methoxy groups -OCH3 is 2. The first-order valence-corrected chi connectivity index (χ1v) is 9.56. The second kappa shape index (κ2) is 9.64. The van der Waals surface area contributed by atoms with Crippen LogP contribution < -0.4 is 19.7 Å². The van der Waals surface area contributed by atoms with Gasteiger partial charge in [-0.2, -0.15) is 0 Å². The zero-order chi connectivity index (χ0) is 20.6. The lowest BCUT2D eigenvalue weighted by Gasteiger charge is -2.23. The molecule has 0 aromatic heterocycles. The van der Waals surface area contributed by atoms with E-state index in [1.165, 1.54) is 5.56 Å². The van der Waals surface area contributed by atoms with Gasteiger partial charge in [-0.05, 0) is 48.9 Å². The number of benzene rings is 3. The number of ether oxygens (including phenoxy) is 2. The van der Waals surface area contributed by atoms with Crippen molar-refractivity contribution >= 4 is 17.3 Å². The first kappa shape index (κ1) is 20.3. The van der Waals surface area contributed by atoms with E-state index in [1.807, 2.05) is 30.3 Å². The van der Waals surface area contributed by atoms with Crippen molar-refractivity contribution in [2.75, 3.05) is 31.0 Å². The normalized spacial score (nSPS) is 10.3. The minimum Gasteiger partial charge on any atom is -0.497 e. The molecule has 0 aliphatic heterocycles. The van der Waals surface area contributed by atoms with Gasteiger partial charge in [-0.3, -0.25) is 4.79 Å². The molecule has 3 aromatic rings. The van der Waals surface area contributed by atoms with Crippen LogP contribution in [0.4, 0.5) is 11.4 Å². The molecule has 1 N–H and O–H groups in total. The molecule has 0 aliphatic rings. The van der Waals surface area contributed by atoms with Crippen LogP contribution in [0.1, 0.15) is 22.8 Å². The summed E-state index contributed by atoms with van der Waals surface area (Å²) in [6.45, 7) is 3.87. The first-order chi connectivity index (χ1) is 14.1. The van der Waals surface area contributed by atoms with Crippen LogP contribution in [0.3, 0.4) is 0 Å². The third-order valence-electron chi connectivity index (χ3n) is 4.70. The highest BCUT2D eigenvalue weighted by atomic mass is 16.5. The van der Waals surface area contributed by atoms with Gasteiger partial charge in [0, 0.05) is 36.1 Å². The quantitative estimate of drug-likeness (QED) is 0.589. The molecule has 0 aliphatic carbocycles. The SMILES string of the molecule is CCN(Cc1ccccc1)c1ccc(NC(=O)c2cc(OC)cc(OC)c2)cc1. The second-order valence-electron chi connectivity index (χ2n) is 6.60. The molecule has 150 valence electrons. The Morgan fingerprint density at radius 1 is 0.897 bits per heavy atom. The number of nitrogens with zero attached hydrogens (tertiary/aromatic N) is 1. The number of nitrogens with one attached hydrogen (secondary N) is 1. The zero-order valence-corrected chi connectivity index (χ0v) is 17.0. The molecular weight excluding hydrogens is 364 g/mol. The Kier molecular flexibility index (Phi) is 6.74. The number of hydrogen-bond acceptors (Lipinski definition) is 4. The highest BCUT2D eigenvalue weighted by Gasteiger charge is 2.11. The third kappa shape index (κ3) is 5.29. The second-order valence-corrected chi connectivity index (χ2v) is 6.60. The first-order valence-electron chi connectivity index (χ1n) is 9.56. The molecule has 0 unspecified atom stereocenters. The monoisotopic (exact) mass is 390 g/mol. The van der Waals surface area contributed by atoms with Crippen molar-refractivity contribution in [1.82, 2.24) is 0 Å². The summed E-state index contributed by atoms with van der Waals surface area (Å²) < 4.78 is 10.5. The lowest BCUT2D eigenvalue weighted by Crippen LogP contribution is -2.21. The predicted octanol–water partition coefficient (Wildman–Crippen LogP) is 4.98. The van der Waals surface area contributed by atoms with Crippen molar-refractivity contribution in [3.63, 3.8) is 0 Å². The molecule has 0 fully saturated rings. The molecule has 0 radical (unpaired) electrons. The van der Waals surface area contributed by atoms with Gasteiger partial charge in [0.05, 0.1) is 14.2 Å². The summed E-state index contributed by atoms with van der Waals surface area (Å²) in [5.41, 5.74) is 3.58. The smallest absolute Gasteiger partial charge is 0.255 e. The summed E-state index contributed by atoms with van der Waals surface area (Å²) in [4.78, 5) is 14.9. The van der Waals surface area contributed by atoms with Crippen molar-refractivity contribution in [2.45, 2.75) is 13.5 Å². The van der Waals surface area contributed by atoms with Gasteiger partial charge in [0.2, 0.25) is 0 Å². The van der Waals surface area contributed by atoms with Crippen molar-refractivity contribution < 1.29 is 14.3 Å². The maximum absolute atomic E-state index is 12.6.